The molecular formula is C20H38O6. The van der Waals surface area contributed by atoms with E-state index in [1.807, 2.05) is 0 Å². The molecule has 0 aromatic rings. The zero-order valence-electron chi connectivity index (χ0n) is 16.9. The highest BCUT2D eigenvalue weighted by Gasteiger charge is 2.30. The van der Waals surface area contributed by atoms with Gasteiger partial charge in [-0.15, -0.1) is 0 Å². The number of hydrogen-bond donors (Lipinski definition) is 1. The molecular weight excluding hydrogens is 336 g/mol. The Morgan fingerprint density at radius 2 is 1.23 bits per heavy atom. The minimum atomic E-state index is -1.29. The van der Waals surface area contributed by atoms with Crippen LogP contribution in [-0.2, 0) is 23.8 Å². The van der Waals surface area contributed by atoms with E-state index in [9.17, 15) is 9.59 Å². The highest BCUT2D eigenvalue weighted by atomic mass is 16.9. The summed E-state index contributed by atoms with van der Waals surface area (Å²) < 4.78 is 16.8. The van der Waals surface area contributed by atoms with Crippen LogP contribution in [0.3, 0.4) is 0 Å². The topological polar surface area (TPSA) is 82.1 Å². The maximum atomic E-state index is 12.1. The van der Waals surface area contributed by atoms with Crippen molar-refractivity contribution in [2.24, 2.45) is 0 Å². The Morgan fingerprint density at radius 3 is 1.69 bits per heavy atom. The van der Waals surface area contributed by atoms with E-state index < -0.39 is 11.9 Å². The molecule has 154 valence electrons. The third-order valence-electron chi connectivity index (χ3n) is 4.05. The first-order valence-corrected chi connectivity index (χ1v) is 10.1. The van der Waals surface area contributed by atoms with Crippen molar-refractivity contribution >= 4 is 11.9 Å². The average Bonchev–Trinajstić information content (AvgIpc) is 2.57. The summed E-state index contributed by atoms with van der Waals surface area (Å²) >= 11 is 0. The van der Waals surface area contributed by atoms with E-state index in [0.717, 1.165) is 64.2 Å². The molecule has 0 spiro atoms. The van der Waals surface area contributed by atoms with Gasteiger partial charge in [0.05, 0.1) is 13.2 Å². The first-order chi connectivity index (χ1) is 12.4. The summed E-state index contributed by atoms with van der Waals surface area (Å²) in [7, 11) is 0. The van der Waals surface area contributed by atoms with Gasteiger partial charge in [0.15, 0.2) is 0 Å². The molecule has 0 heterocycles. The number of carbonyl (C=O) groups excluding carboxylic acids is 1. The fourth-order valence-corrected chi connectivity index (χ4v) is 2.41. The number of carbonyl (C=O) groups is 2. The lowest BCUT2D eigenvalue weighted by Gasteiger charge is -2.29. The van der Waals surface area contributed by atoms with Crippen LogP contribution in [0.15, 0.2) is 0 Å². The van der Waals surface area contributed by atoms with Crippen LogP contribution in [0.2, 0.25) is 0 Å². The quantitative estimate of drug-likeness (QED) is 0.205. The molecule has 0 fully saturated rings. The number of aliphatic carboxylic acids is 1. The number of unbranched alkanes of at least 4 members (excludes halogenated alkanes) is 7. The predicted molar refractivity (Wildman–Crippen MR) is 101 cm³/mol. The summed E-state index contributed by atoms with van der Waals surface area (Å²) in [5.41, 5.74) is 0. The average molecular weight is 375 g/mol. The lowest BCUT2D eigenvalue weighted by molar-refractivity contribution is -0.352. The number of rotatable bonds is 18. The molecule has 0 aromatic carbocycles. The zero-order valence-corrected chi connectivity index (χ0v) is 16.9. The summed E-state index contributed by atoms with van der Waals surface area (Å²) in [5.74, 6) is -2.33. The molecule has 0 atom stereocenters. The molecule has 0 unspecified atom stereocenters. The number of carboxylic acids is 1. The minimum Gasteiger partial charge on any atom is -0.481 e. The SMILES string of the molecule is CCCCOC(C)(OCCCC)OC(=O)CCCCCCCCC(=O)O. The summed E-state index contributed by atoms with van der Waals surface area (Å²) in [6, 6.07) is 0. The van der Waals surface area contributed by atoms with Gasteiger partial charge in [0.2, 0.25) is 0 Å². The Balaban J connectivity index is 3.97. The van der Waals surface area contributed by atoms with E-state index in [4.69, 9.17) is 19.3 Å². The van der Waals surface area contributed by atoms with Crippen LogP contribution >= 0.6 is 0 Å². The molecule has 6 heteroatoms. The third kappa shape index (κ3) is 15.1. The van der Waals surface area contributed by atoms with E-state index in [1.165, 1.54) is 0 Å². The molecule has 0 aromatic heterocycles. The second kappa shape index (κ2) is 16.1. The predicted octanol–water partition coefficient (Wildman–Crippen LogP) is 5.04. The zero-order chi connectivity index (χ0) is 19.7. The van der Waals surface area contributed by atoms with Crippen molar-refractivity contribution in [3.8, 4) is 0 Å². The van der Waals surface area contributed by atoms with Gasteiger partial charge in [0.25, 0.3) is 0 Å². The normalized spacial score (nSPS) is 11.5. The maximum absolute atomic E-state index is 12.1. The highest BCUT2D eigenvalue weighted by molar-refractivity contribution is 5.69. The number of carboxylic acid groups (broad SMARTS) is 1. The van der Waals surface area contributed by atoms with Crippen molar-refractivity contribution in [2.75, 3.05) is 13.2 Å². The Morgan fingerprint density at radius 1 is 0.769 bits per heavy atom. The monoisotopic (exact) mass is 374 g/mol. The van der Waals surface area contributed by atoms with Crippen molar-refractivity contribution < 1.29 is 28.9 Å². The molecule has 0 amide bonds. The van der Waals surface area contributed by atoms with Crippen molar-refractivity contribution in [1.82, 2.24) is 0 Å². The Hall–Kier alpha value is -1.14. The number of hydrogen-bond acceptors (Lipinski definition) is 5. The Labute approximate surface area is 158 Å². The van der Waals surface area contributed by atoms with E-state index in [0.29, 0.717) is 19.6 Å². The molecule has 0 aliphatic rings. The second-order valence-electron chi connectivity index (χ2n) is 6.76. The van der Waals surface area contributed by atoms with Crippen LogP contribution in [0, 0.1) is 0 Å². The van der Waals surface area contributed by atoms with Gasteiger partial charge >= 0.3 is 17.9 Å². The first kappa shape index (κ1) is 24.9. The Bertz CT molecular complexity index is 359. The van der Waals surface area contributed by atoms with Crippen molar-refractivity contribution in [3.63, 3.8) is 0 Å². The van der Waals surface area contributed by atoms with Crippen LogP contribution in [-0.4, -0.2) is 36.2 Å². The third-order valence-corrected chi connectivity index (χ3v) is 4.05. The molecule has 0 aliphatic heterocycles. The molecule has 0 bridgehead atoms. The van der Waals surface area contributed by atoms with Gasteiger partial charge in [-0.25, -0.2) is 0 Å². The first-order valence-electron chi connectivity index (χ1n) is 10.1. The molecule has 26 heavy (non-hydrogen) atoms. The second-order valence-corrected chi connectivity index (χ2v) is 6.76. The molecule has 0 aliphatic carbocycles. The molecule has 6 nitrogen and oxygen atoms in total. The molecule has 0 rings (SSSR count). The fraction of sp³-hybridized carbons (Fsp3) is 0.900. The van der Waals surface area contributed by atoms with Crippen LogP contribution in [0.5, 0.6) is 0 Å². The maximum Gasteiger partial charge on any atom is 0.326 e. The highest BCUT2D eigenvalue weighted by Crippen LogP contribution is 2.18. The number of esters is 1. The summed E-state index contributed by atoms with van der Waals surface area (Å²) in [6.07, 6.45) is 9.73. The van der Waals surface area contributed by atoms with Gasteiger partial charge in [-0.05, 0) is 25.7 Å². The molecule has 0 saturated heterocycles. The largest absolute Gasteiger partial charge is 0.481 e. The van der Waals surface area contributed by atoms with Crippen LogP contribution in [0.4, 0.5) is 0 Å². The van der Waals surface area contributed by atoms with E-state index >= 15 is 0 Å². The van der Waals surface area contributed by atoms with Gasteiger partial charge in [0.1, 0.15) is 0 Å². The van der Waals surface area contributed by atoms with Crippen molar-refractivity contribution in [3.05, 3.63) is 0 Å². The van der Waals surface area contributed by atoms with Gasteiger partial charge in [-0.1, -0.05) is 52.4 Å². The lowest BCUT2D eigenvalue weighted by atomic mass is 10.1. The Kier molecular flexibility index (Phi) is 15.4. The van der Waals surface area contributed by atoms with Crippen LogP contribution in [0.25, 0.3) is 0 Å². The lowest BCUT2D eigenvalue weighted by Crippen LogP contribution is -2.38. The van der Waals surface area contributed by atoms with Crippen molar-refractivity contribution in [1.29, 1.82) is 0 Å². The smallest absolute Gasteiger partial charge is 0.326 e. The van der Waals surface area contributed by atoms with Gasteiger partial charge in [-0.2, -0.15) is 0 Å². The van der Waals surface area contributed by atoms with Gasteiger partial charge in [-0.3, -0.25) is 9.59 Å². The molecule has 1 N–H and O–H groups in total. The van der Waals surface area contributed by atoms with E-state index in [1.54, 1.807) is 6.92 Å². The summed E-state index contributed by atoms with van der Waals surface area (Å²) in [5, 5.41) is 8.57. The van der Waals surface area contributed by atoms with Gasteiger partial charge < -0.3 is 19.3 Å². The fourth-order valence-electron chi connectivity index (χ4n) is 2.41. The van der Waals surface area contributed by atoms with Crippen molar-refractivity contribution in [2.45, 2.75) is 104 Å². The van der Waals surface area contributed by atoms with E-state index in [2.05, 4.69) is 13.8 Å². The van der Waals surface area contributed by atoms with Gasteiger partial charge in [0, 0.05) is 19.8 Å². The van der Waals surface area contributed by atoms with Crippen LogP contribution in [0.1, 0.15) is 97.8 Å². The molecule has 0 radical (unpaired) electrons. The summed E-state index contributed by atoms with van der Waals surface area (Å²) in [4.78, 5) is 22.5. The standard InChI is InChI=1S/C20H38O6/c1-4-6-16-24-20(3,25-17-7-5-2)26-19(23)15-13-11-9-8-10-12-14-18(21)22/h4-17H2,1-3H3,(H,21,22). The van der Waals surface area contributed by atoms with E-state index in [-0.39, 0.29) is 12.4 Å². The number of ether oxygens (including phenoxy) is 3. The summed E-state index contributed by atoms with van der Waals surface area (Å²) in [6.45, 7) is 6.82. The molecule has 0 saturated carbocycles. The minimum absolute atomic E-state index is 0.237. The van der Waals surface area contributed by atoms with Crippen LogP contribution < -0.4 is 0 Å².